The van der Waals surface area contributed by atoms with Crippen LogP contribution in [0.2, 0.25) is 0 Å². The molecule has 5 nitrogen and oxygen atoms in total. The lowest BCUT2D eigenvalue weighted by atomic mass is 10.1. The van der Waals surface area contributed by atoms with Crippen molar-refractivity contribution in [2.45, 2.75) is 19.0 Å². The highest BCUT2D eigenvalue weighted by molar-refractivity contribution is 5.81. The average molecular weight is 402 g/mol. The molecule has 1 fully saturated rings. The number of hydrogen-bond donors (Lipinski definition) is 0. The van der Waals surface area contributed by atoms with E-state index in [-0.39, 0.29) is 11.9 Å². The van der Waals surface area contributed by atoms with Gasteiger partial charge in [0.25, 0.3) is 0 Å². The van der Waals surface area contributed by atoms with Gasteiger partial charge in [-0.2, -0.15) is 0 Å². The van der Waals surface area contributed by atoms with Crippen LogP contribution in [0.5, 0.6) is 11.5 Å². The second-order valence-corrected chi connectivity index (χ2v) is 7.38. The third-order valence-corrected chi connectivity index (χ3v) is 5.48. The van der Waals surface area contributed by atoms with Crippen molar-refractivity contribution in [3.05, 3.63) is 84.4 Å². The highest BCUT2D eigenvalue weighted by Gasteiger charge is 2.34. The Balaban J connectivity index is 1.62. The van der Waals surface area contributed by atoms with Crippen molar-refractivity contribution in [3.8, 4) is 11.5 Å². The minimum Gasteiger partial charge on any atom is -0.497 e. The van der Waals surface area contributed by atoms with E-state index in [0.29, 0.717) is 19.5 Å². The van der Waals surface area contributed by atoms with Gasteiger partial charge in [0.05, 0.1) is 20.3 Å². The van der Waals surface area contributed by atoms with Crippen molar-refractivity contribution >= 4 is 17.3 Å². The van der Waals surface area contributed by atoms with E-state index in [2.05, 4.69) is 17.0 Å². The average Bonchev–Trinajstić information content (AvgIpc) is 3.15. The first kappa shape index (κ1) is 19.8. The zero-order valence-corrected chi connectivity index (χ0v) is 17.3. The number of anilines is 2. The maximum Gasteiger partial charge on any atom is 0.225 e. The number of methoxy groups -OCH3 is 2. The highest BCUT2D eigenvalue weighted by Crippen LogP contribution is 2.34. The molecule has 3 aromatic rings. The summed E-state index contributed by atoms with van der Waals surface area (Å²) in [4.78, 5) is 17.0. The van der Waals surface area contributed by atoms with E-state index < -0.39 is 0 Å². The summed E-state index contributed by atoms with van der Waals surface area (Å²) in [7, 11) is 3.32. The zero-order chi connectivity index (χ0) is 20.9. The molecule has 0 aromatic heterocycles. The molecule has 1 saturated heterocycles. The summed E-state index contributed by atoms with van der Waals surface area (Å²) in [5.74, 6) is 1.79. The van der Waals surface area contributed by atoms with E-state index in [9.17, 15) is 4.79 Å². The SMILES string of the molecule is COc1ccc(N(c2ccc(OC)cc2)C2CC(=O)N(Cc3ccccc3)C2)cc1. The summed E-state index contributed by atoms with van der Waals surface area (Å²) in [5, 5.41) is 0. The van der Waals surface area contributed by atoms with Crippen molar-refractivity contribution in [2.75, 3.05) is 25.7 Å². The quantitative estimate of drug-likeness (QED) is 0.577. The fourth-order valence-electron chi connectivity index (χ4n) is 3.94. The molecule has 1 atom stereocenters. The molecular formula is C25H26N2O3. The standard InChI is InChI=1S/C25H26N2O3/c1-29-23-12-8-20(9-13-23)27(21-10-14-24(30-2)15-11-21)22-16-25(28)26(18-22)17-19-6-4-3-5-7-19/h3-15,22H,16-18H2,1-2H3. The molecule has 4 rings (SSSR count). The molecule has 1 heterocycles. The van der Waals surface area contributed by atoms with Crippen molar-refractivity contribution in [1.82, 2.24) is 4.90 Å². The molecule has 0 aliphatic carbocycles. The third-order valence-electron chi connectivity index (χ3n) is 5.48. The number of amides is 1. The molecule has 0 radical (unpaired) electrons. The molecular weight excluding hydrogens is 376 g/mol. The number of carbonyl (C=O) groups excluding carboxylic acids is 1. The van der Waals surface area contributed by atoms with Gasteiger partial charge in [-0.1, -0.05) is 30.3 Å². The first-order valence-corrected chi connectivity index (χ1v) is 10.1. The number of likely N-dealkylation sites (tertiary alicyclic amines) is 1. The Morgan fingerprint density at radius 1 is 0.833 bits per heavy atom. The lowest BCUT2D eigenvalue weighted by Gasteiger charge is -2.31. The smallest absolute Gasteiger partial charge is 0.225 e. The first-order chi connectivity index (χ1) is 14.7. The van der Waals surface area contributed by atoms with E-state index in [4.69, 9.17) is 9.47 Å². The second-order valence-electron chi connectivity index (χ2n) is 7.38. The maximum absolute atomic E-state index is 12.8. The zero-order valence-electron chi connectivity index (χ0n) is 17.3. The fourth-order valence-corrected chi connectivity index (χ4v) is 3.94. The molecule has 0 saturated carbocycles. The van der Waals surface area contributed by atoms with E-state index in [0.717, 1.165) is 28.4 Å². The topological polar surface area (TPSA) is 42.0 Å². The summed E-state index contributed by atoms with van der Waals surface area (Å²) in [5.41, 5.74) is 3.20. The van der Waals surface area contributed by atoms with E-state index in [1.807, 2.05) is 71.6 Å². The molecule has 3 aromatic carbocycles. The monoisotopic (exact) mass is 402 g/mol. The normalized spacial score (nSPS) is 15.9. The molecule has 0 spiro atoms. The van der Waals surface area contributed by atoms with Gasteiger partial charge in [-0.3, -0.25) is 4.79 Å². The second kappa shape index (κ2) is 8.91. The van der Waals surface area contributed by atoms with E-state index >= 15 is 0 Å². The largest absolute Gasteiger partial charge is 0.497 e. The lowest BCUT2D eigenvalue weighted by molar-refractivity contribution is -0.128. The van der Waals surface area contributed by atoms with Crippen LogP contribution in [0.3, 0.4) is 0 Å². The Hall–Kier alpha value is -3.47. The van der Waals surface area contributed by atoms with Gasteiger partial charge < -0.3 is 19.3 Å². The number of nitrogens with zero attached hydrogens (tertiary/aromatic N) is 2. The van der Waals surface area contributed by atoms with Gasteiger partial charge in [0.2, 0.25) is 5.91 Å². The van der Waals surface area contributed by atoms with Gasteiger partial charge in [-0.15, -0.1) is 0 Å². The van der Waals surface area contributed by atoms with Crippen LogP contribution in [-0.4, -0.2) is 37.6 Å². The predicted molar refractivity (Wildman–Crippen MR) is 118 cm³/mol. The lowest BCUT2D eigenvalue weighted by Crippen LogP contribution is -2.34. The van der Waals surface area contributed by atoms with Gasteiger partial charge in [0, 0.05) is 30.9 Å². The predicted octanol–water partition coefficient (Wildman–Crippen LogP) is 4.64. The third kappa shape index (κ3) is 4.25. The van der Waals surface area contributed by atoms with Crippen LogP contribution in [0.1, 0.15) is 12.0 Å². The van der Waals surface area contributed by atoms with Crippen LogP contribution in [0.4, 0.5) is 11.4 Å². The van der Waals surface area contributed by atoms with Crippen molar-refractivity contribution in [2.24, 2.45) is 0 Å². The number of hydrogen-bond acceptors (Lipinski definition) is 4. The van der Waals surface area contributed by atoms with Crippen LogP contribution in [0, 0.1) is 0 Å². The van der Waals surface area contributed by atoms with E-state index in [1.165, 1.54) is 0 Å². The number of carbonyl (C=O) groups is 1. The summed E-state index contributed by atoms with van der Waals surface area (Å²) in [6.07, 6.45) is 0.477. The summed E-state index contributed by atoms with van der Waals surface area (Å²) >= 11 is 0. The Morgan fingerprint density at radius 3 is 1.87 bits per heavy atom. The molecule has 1 aliphatic rings. The number of rotatable bonds is 7. The molecule has 1 amide bonds. The van der Waals surface area contributed by atoms with Crippen LogP contribution >= 0.6 is 0 Å². The minimum absolute atomic E-state index is 0.0444. The van der Waals surface area contributed by atoms with Gasteiger partial charge >= 0.3 is 0 Å². The molecule has 0 bridgehead atoms. The molecule has 1 unspecified atom stereocenters. The Morgan fingerprint density at radius 2 is 1.37 bits per heavy atom. The summed E-state index contributed by atoms with van der Waals surface area (Å²) in [6.45, 7) is 1.31. The van der Waals surface area contributed by atoms with Crippen LogP contribution in [0.15, 0.2) is 78.9 Å². The number of benzene rings is 3. The minimum atomic E-state index is 0.0444. The summed E-state index contributed by atoms with van der Waals surface area (Å²) < 4.78 is 10.6. The van der Waals surface area contributed by atoms with Crippen molar-refractivity contribution < 1.29 is 14.3 Å². The molecule has 30 heavy (non-hydrogen) atoms. The van der Waals surface area contributed by atoms with Crippen molar-refractivity contribution in [1.29, 1.82) is 0 Å². The fraction of sp³-hybridized carbons (Fsp3) is 0.240. The van der Waals surface area contributed by atoms with E-state index in [1.54, 1.807) is 14.2 Å². The summed E-state index contributed by atoms with van der Waals surface area (Å²) in [6, 6.07) is 26.1. The van der Waals surface area contributed by atoms with Gasteiger partial charge in [0.1, 0.15) is 11.5 Å². The first-order valence-electron chi connectivity index (χ1n) is 10.1. The van der Waals surface area contributed by atoms with Crippen LogP contribution in [-0.2, 0) is 11.3 Å². The van der Waals surface area contributed by atoms with Crippen molar-refractivity contribution in [3.63, 3.8) is 0 Å². The van der Waals surface area contributed by atoms with Gasteiger partial charge in [0.15, 0.2) is 0 Å². The maximum atomic E-state index is 12.8. The molecule has 5 heteroatoms. The molecule has 1 aliphatic heterocycles. The van der Waals surface area contributed by atoms with Gasteiger partial charge in [-0.25, -0.2) is 0 Å². The Labute approximate surface area is 177 Å². The highest BCUT2D eigenvalue weighted by atomic mass is 16.5. The Bertz CT molecular complexity index is 924. The van der Waals surface area contributed by atoms with Crippen LogP contribution < -0.4 is 14.4 Å². The Kier molecular flexibility index (Phi) is 5.89. The molecule has 154 valence electrons. The van der Waals surface area contributed by atoms with Crippen LogP contribution in [0.25, 0.3) is 0 Å². The molecule has 0 N–H and O–H groups in total. The van der Waals surface area contributed by atoms with Gasteiger partial charge in [-0.05, 0) is 54.1 Å². The number of ether oxygens (including phenoxy) is 2.